The van der Waals surface area contributed by atoms with Crippen LogP contribution < -0.4 is 5.32 Å². The molecule has 0 radical (unpaired) electrons. The molecule has 0 aromatic carbocycles. The Labute approximate surface area is 160 Å². The molecule has 4 N–H and O–H groups in total. The van der Waals surface area contributed by atoms with Crippen molar-refractivity contribution < 1.29 is 29.6 Å². The highest BCUT2D eigenvalue weighted by Crippen LogP contribution is 2.32. The highest BCUT2D eigenvalue weighted by molar-refractivity contribution is 6.06. The second-order valence-electron chi connectivity index (χ2n) is 6.69. The van der Waals surface area contributed by atoms with Gasteiger partial charge in [0, 0.05) is 5.57 Å². The number of ether oxygens (including phenoxy) is 2. The van der Waals surface area contributed by atoms with Crippen LogP contribution in [0.3, 0.4) is 0 Å². The van der Waals surface area contributed by atoms with Crippen LogP contribution in [-0.2, 0) is 14.3 Å². The van der Waals surface area contributed by atoms with E-state index in [0.29, 0.717) is 5.65 Å². The summed E-state index contributed by atoms with van der Waals surface area (Å²) in [5, 5.41) is 32.2. The Morgan fingerprint density at radius 1 is 1.36 bits per heavy atom. The lowest BCUT2D eigenvalue weighted by Crippen LogP contribution is -2.34. The van der Waals surface area contributed by atoms with Gasteiger partial charge in [0.05, 0.1) is 25.6 Å². The van der Waals surface area contributed by atoms with Crippen molar-refractivity contribution >= 4 is 22.9 Å². The van der Waals surface area contributed by atoms with E-state index in [2.05, 4.69) is 26.8 Å². The quantitative estimate of drug-likeness (QED) is 0.450. The molecule has 2 aromatic heterocycles. The Morgan fingerprint density at radius 2 is 2.11 bits per heavy atom. The highest BCUT2D eigenvalue weighted by Gasteiger charge is 2.44. The third-order valence-corrected chi connectivity index (χ3v) is 4.31. The molecule has 0 aliphatic carbocycles. The minimum absolute atomic E-state index is 0.0307. The lowest BCUT2D eigenvalue weighted by atomic mass is 10.1. The third kappa shape index (κ3) is 3.88. The lowest BCUT2D eigenvalue weighted by molar-refractivity contribution is -0.113. The molecule has 11 heteroatoms. The molecule has 0 unspecified atom stereocenters. The van der Waals surface area contributed by atoms with E-state index in [4.69, 9.17) is 14.6 Å². The summed E-state index contributed by atoms with van der Waals surface area (Å²) in [7, 11) is 0. The number of aliphatic hydroxyl groups excluding tert-OH is 3. The third-order valence-electron chi connectivity index (χ3n) is 4.31. The lowest BCUT2D eigenvalue weighted by Gasteiger charge is -2.17. The van der Waals surface area contributed by atoms with Crippen molar-refractivity contribution in [2.24, 2.45) is 0 Å². The number of rotatable bonds is 7. The molecule has 1 aliphatic heterocycles. The van der Waals surface area contributed by atoms with Gasteiger partial charge in [0.1, 0.15) is 24.6 Å². The number of hydrogen-bond donors (Lipinski definition) is 4. The summed E-state index contributed by atoms with van der Waals surface area (Å²) in [6, 6.07) is 0. The monoisotopic (exact) mass is 393 g/mol. The number of nitrogens with one attached hydrogen (secondary N) is 1. The zero-order valence-electron chi connectivity index (χ0n) is 15.5. The molecule has 1 aliphatic rings. The van der Waals surface area contributed by atoms with Crippen LogP contribution >= 0.6 is 0 Å². The number of carbonyl (C=O) groups is 1. The minimum Gasteiger partial charge on any atom is -0.391 e. The maximum atomic E-state index is 11.9. The largest absolute Gasteiger partial charge is 0.391 e. The van der Waals surface area contributed by atoms with Crippen LogP contribution in [-0.4, -0.2) is 78.4 Å². The van der Waals surface area contributed by atoms with Crippen molar-refractivity contribution in [3.63, 3.8) is 0 Å². The fourth-order valence-corrected chi connectivity index (χ4v) is 2.78. The second kappa shape index (κ2) is 8.29. The van der Waals surface area contributed by atoms with E-state index in [-0.39, 0.29) is 29.6 Å². The second-order valence-corrected chi connectivity index (χ2v) is 6.69. The molecular weight excluding hydrogens is 370 g/mol. The molecule has 11 nitrogen and oxygen atoms in total. The van der Waals surface area contributed by atoms with Crippen molar-refractivity contribution in [1.82, 2.24) is 19.5 Å². The van der Waals surface area contributed by atoms with Crippen molar-refractivity contribution in [2.75, 3.05) is 18.5 Å². The Balaban J connectivity index is 1.85. The smallest absolute Gasteiger partial charge is 0.254 e. The molecule has 1 amide bonds. The molecule has 1 fully saturated rings. The van der Waals surface area contributed by atoms with Crippen molar-refractivity contribution in [3.8, 4) is 0 Å². The van der Waals surface area contributed by atoms with E-state index >= 15 is 0 Å². The van der Waals surface area contributed by atoms with Crippen LogP contribution in [0.2, 0.25) is 0 Å². The predicted molar refractivity (Wildman–Crippen MR) is 97.2 cm³/mol. The van der Waals surface area contributed by atoms with Crippen molar-refractivity contribution in [1.29, 1.82) is 0 Å². The van der Waals surface area contributed by atoms with Crippen LogP contribution in [0.1, 0.15) is 20.1 Å². The maximum absolute atomic E-state index is 11.9. The predicted octanol–water partition coefficient (Wildman–Crippen LogP) is -0.642. The standard InChI is InChI=1S/C17H23N5O6/c1-8(2)27-5-10-12(24)13(25)17(28-10)22-7-20-11-14(18-6-19-15(11)22)21-16(26)9(3)4-23/h6-8,10,12-13,17,23-25H,3-5H2,1-2H3,(H,18,19,21,26)/t10-,12+,13+,17+/m0/s1. The van der Waals surface area contributed by atoms with E-state index in [1.54, 1.807) is 0 Å². The van der Waals surface area contributed by atoms with Gasteiger partial charge < -0.3 is 30.1 Å². The van der Waals surface area contributed by atoms with Gasteiger partial charge in [-0.15, -0.1) is 0 Å². The van der Waals surface area contributed by atoms with E-state index in [1.807, 2.05) is 13.8 Å². The molecule has 0 spiro atoms. The number of aliphatic hydroxyl groups is 3. The first-order valence-electron chi connectivity index (χ1n) is 8.74. The van der Waals surface area contributed by atoms with Gasteiger partial charge in [-0.05, 0) is 13.8 Å². The van der Waals surface area contributed by atoms with Gasteiger partial charge in [0.2, 0.25) is 0 Å². The Bertz CT molecular complexity index is 869. The van der Waals surface area contributed by atoms with Crippen LogP contribution in [0.25, 0.3) is 11.2 Å². The van der Waals surface area contributed by atoms with Crippen LogP contribution in [0.15, 0.2) is 24.8 Å². The van der Waals surface area contributed by atoms with Gasteiger partial charge in [0.15, 0.2) is 23.2 Å². The molecule has 28 heavy (non-hydrogen) atoms. The van der Waals surface area contributed by atoms with Gasteiger partial charge in [-0.2, -0.15) is 0 Å². The average Bonchev–Trinajstić information content (AvgIpc) is 3.22. The highest BCUT2D eigenvalue weighted by atomic mass is 16.6. The van der Waals surface area contributed by atoms with Gasteiger partial charge in [-0.1, -0.05) is 6.58 Å². The van der Waals surface area contributed by atoms with Crippen molar-refractivity contribution in [3.05, 3.63) is 24.8 Å². The fourth-order valence-electron chi connectivity index (χ4n) is 2.78. The number of fused-ring (bicyclic) bond motifs is 1. The zero-order chi connectivity index (χ0) is 20.4. The number of amides is 1. The number of hydrogen-bond acceptors (Lipinski definition) is 9. The van der Waals surface area contributed by atoms with E-state index in [0.717, 1.165) is 0 Å². The number of nitrogens with zero attached hydrogens (tertiary/aromatic N) is 4. The minimum atomic E-state index is -1.22. The van der Waals surface area contributed by atoms with E-state index in [9.17, 15) is 15.0 Å². The topological polar surface area (TPSA) is 152 Å². The summed E-state index contributed by atoms with van der Waals surface area (Å²) in [4.78, 5) is 24.3. The number of imidazole rings is 1. The molecule has 1 saturated heterocycles. The van der Waals surface area contributed by atoms with Crippen LogP contribution in [0.4, 0.5) is 5.82 Å². The van der Waals surface area contributed by atoms with E-state index < -0.39 is 37.1 Å². The molecule has 0 bridgehead atoms. The first kappa shape index (κ1) is 20.3. The maximum Gasteiger partial charge on any atom is 0.254 e. The first-order valence-corrected chi connectivity index (χ1v) is 8.74. The summed E-state index contributed by atoms with van der Waals surface area (Å²) in [6.45, 7) is 6.80. The molecule has 3 heterocycles. The van der Waals surface area contributed by atoms with Gasteiger partial charge in [-0.25, -0.2) is 15.0 Å². The van der Waals surface area contributed by atoms with E-state index in [1.165, 1.54) is 17.2 Å². The zero-order valence-corrected chi connectivity index (χ0v) is 15.5. The summed E-state index contributed by atoms with van der Waals surface area (Å²) in [5.74, 6) is -0.480. The Morgan fingerprint density at radius 3 is 2.79 bits per heavy atom. The molecule has 4 atom stereocenters. The molecular formula is C17H23N5O6. The number of anilines is 1. The normalized spacial score (nSPS) is 24.8. The van der Waals surface area contributed by atoms with Gasteiger partial charge in [-0.3, -0.25) is 9.36 Å². The van der Waals surface area contributed by atoms with Crippen LogP contribution in [0.5, 0.6) is 0 Å². The van der Waals surface area contributed by atoms with Crippen LogP contribution in [0, 0.1) is 0 Å². The Hall–Kier alpha value is -2.44. The molecule has 2 aromatic rings. The Kier molecular flexibility index (Phi) is 6.01. The summed E-state index contributed by atoms with van der Waals surface area (Å²) < 4.78 is 12.7. The van der Waals surface area contributed by atoms with Gasteiger partial charge in [0.25, 0.3) is 5.91 Å². The summed E-state index contributed by atoms with van der Waals surface area (Å²) >= 11 is 0. The SMILES string of the molecule is C=C(CO)C(=O)Nc1ncnc2c1ncn2[C@@H]1O[C@@H](COC(C)C)[C@@H](O)[C@H]1O. The first-order chi connectivity index (χ1) is 13.3. The fraction of sp³-hybridized carbons (Fsp3) is 0.529. The average molecular weight is 393 g/mol. The summed E-state index contributed by atoms with van der Waals surface area (Å²) in [5.41, 5.74) is 0.521. The van der Waals surface area contributed by atoms with Gasteiger partial charge >= 0.3 is 0 Å². The number of aromatic nitrogens is 4. The number of carbonyl (C=O) groups excluding carboxylic acids is 1. The summed E-state index contributed by atoms with van der Waals surface area (Å²) in [6.07, 6.45) is -1.47. The van der Waals surface area contributed by atoms with Crippen molar-refractivity contribution in [2.45, 2.75) is 44.5 Å². The molecule has 3 rings (SSSR count). The molecule has 152 valence electrons. The molecule has 0 saturated carbocycles.